The first-order valence-corrected chi connectivity index (χ1v) is 9.67. The highest BCUT2D eigenvalue weighted by molar-refractivity contribution is 7.89. The van der Waals surface area contributed by atoms with Crippen molar-refractivity contribution in [1.82, 2.24) is 4.72 Å². The number of nitrogens with one attached hydrogen (secondary N) is 1. The van der Waals surface area contributed by atoms with Gasteiger partial charge in [-0.2, -0.15) is 0 Å². The number of sulfonamides is 1. The van der Waals surface area contributed by atoms with Crippen LogP contribution in [0.5, 0.6) is 5.75 Å². The van der Waals surface area contributed by atoms with Gasteiger partial charge in [0, 0.05) is 6.54 Å². The van der Waals surface area contributed by atoms with Gasteiger partial charge in [-0.05, 0) is 75.6 Å². The van der Waals surface area contributed by atoms with E-state index in [1.165, 1.54) is 18.4 Å². The van der Waals surface area contributed by atoms with Crippen molar-refractivity contribution in [3.8, 4) is 5.75 Å². The SMILES string of the molecule is COc1cc(C)c(S(=O)(=O)NCCC2=CCCCC2)c(C)c1C. The molecule has 1 N–H and O–H groups in total. The summed E-state index contributed by atoms with van der Waals surface area (Å²) in [6.45, 7) is 5.99. The van der Waals surface area contributed by atoms with Crippen LogP contribution in [0, 0.1) is 20.8 Å². The summed E-state index contributed by atoms with van der Waals surface area (Å²) >= 11 is 0. The summed E-state index contributed by atoms with van der Waals surface area (Å²) in [5.74, 6) is 0.728. The second-order valence-corrected chi connectivity index (χ2v) is 7.93. The average molecular weight is 337 g/mol. The van der Waals surface area contributed by atoms with Crippen LogP contribution in [0.15, 0.2) is 22.6 Å². The second kappa shape index (κ2) is 7.49. The Balaban J connectivity index is 2.16. The van der Waals surface area contributed by atoms with Crippen molar-refractivity contribution in [2.24, 2.45) is 0 Å². The molecule has 0 heterocycles. The van der Waals surface area contributed by atoms with Gasteiger partial charge in [0.05, 0.1) is 12.0 Å². The van der Waals surface area contributed by atoms with Gasteiger partial charge in [-0.15, -0.1) is 0 Å². The number of allylic oxidation sites excluding steroid dienone is 1. The summed E-state index contributed by atoms with van der Waals surface area (Å²) in [4.78, 5) is 0.383. The van der Waals surface area contributed by atoms with Gasteiger partial charge >= 0.3 is 0 Å². The molecule has 0 fully saturated rings. The summed E-state index contributed by atoms with van der Waals surface area (Å²) in [6, 6.07) is 1.79. The van der Waals surface area contributed by atoms with Gasteiger partial charge in [0.25, 0.3) is 0 Å². The highest BCUT2D eigenvalue weighted by atomic mass is 32.2. The van der Waals surface area contributed by atoms with Crippen LogP contribution in [-0.2, 0) is 10.0 Å². The lowest BCUT2D eigenvalue weighted by atomic mass is 9.97. The molecule has 1 aliphatic rings. The first kappa shape index (κ1) is 18.0. The van der Waals surface area contributed by atoms with Crippen LogP contribution >= 0.6 is 0 Å². The van der Waals surface area contributed by atoms with Crippen molar-refractivity contribution >= 4 is 10.0 Å². The molecule has 1 aromatic carbocycles. The lowest BCUT2D eigenvalue weighted by Gasteiger charge is -2.17. The van der Waals surface area contributed by atoms with E-state index in [1.807, 2.05) is 20.8 Å². The Morgan fingerprint density at radius 3 is 2.52 bits per heavy atom. The zero-order chi connectivity index (χ0) is 17.0. The standard InChI is InChI=1S/C18H27NO3S/c1-13-12-17(22-4)14(2)15(3)18(13)23(20,21)19-11-10-16-8-6-5-7-9-16/h8,12,19H,5-7,9-11H2,1-4H3. The lowest BCUT2D eigenvalue weighted by Crippen LogP contribution is -2.27. The van der Waals surface area contributed by atoms with E-state index in [2.05, 4.69) is 10.8 Å². The van der Waals surface area contributed by atoms with Gasteiger partial charge < -0.3 is 4.74 Å². The predicted octanol–water partition coefficient (Wildman–Crippen LogP) is 3.79. The fourth-order valence-electron chi connectivity index (χ4n) is 3.20. The van der Waals surface area contributed by atoms with E-state index >= 15 is 0 Å². The Kier molecular flexibility index (Phi) is 5.87. The number of ether oxygens (including phenoxy) is 1. The van der Waals surface area contributed by atoms with Gasteiger partial charge in [-0.3, -0.25) is 0 Å². The van der Waals surface area contributed by atoms with Crippen molar-refractivity contribution in [3.63, 3.8) is 0 Å². The summed E-state index contributed by atoms with van der Waals surface area (Å²) in [7, 11) is -1.90. The highest BCUT2D eigenvalue weighted by Crippen LogP contribution is 2.30. The van der Waals surface area contributed by atoms with Crippen molar-refractivity contribution in [1.29, 1.82) is 0 Å². The molecule has 1 aromatic rings. The summed E-state index contributed by atoms with van der Waals surface area (Å²) in [6.07, 6.45) is 7.74. The van der Waals surface area contributed by atoms with E-state index in [4.69, 9.17) is 4.74 Å². The Morgan fingerprint density at radius 1 is 1.17 bits per heavy atom. The molecule has 0 bridgehead atoms. The van der Waals surface area contributed by atoms with Crippen LogP contribution in [-0.4, -0.2) is 22.1 Å². The molecule has 1 aliphatic carbocycles. The molecule has 0 atom stereocenters. The fourth-order valence-corrected chi connectivity index (χ4v) is 4.75. The van der Waals surface area contributed by atoms with Crippen molar-refractivity contribution in [2.75, 3.05) is 13.7 Å². The smallest absolute Gasteiger partial charge is 0.241 e. The number of aryl methyl sites for hydroxylation is 1. The summed E-state index contributed by atoms with van der Waals surface area (Å²) < 4.78 is 33.5. The number of hydrogen-bond donors (Lipinski definition) is 1. The molecule has 23 heavy (non-hydrogen) atoms. The van der Waals surface area contributed by atoms with Gasteiger partial charge in [-0.1, -0.05) is 11.6 Å². The monoisotopic (exact) mass is 337 g/mol. The van der Waals surface area contributed by atoms with Gasteiger partial charge in [0.1, 0.15) is 5.75 Å². The van der Waals surface area contributed by atoms with E-state index in [1.54, 1.807) is 13.2 Å². The lowest BCUT2D eigenvalue weighted by molar-refractivity contribution is 0.410. The maximum Gasteiger partial charge on any atom is 0.241 e. The van der Waals surface area contributed by atoms with Crippen molar-refractivity contribution in [2.45, 2.75) is 57.8 Å². The molecule has 0 saturated carbocycles. The third-order valence-electron chi connectivity index (χ3n) is 4.59. The topological polar surface area (TPSA) is 55.4 Å². The highest BCUT2D eigenvalue weighted by Gasteiger charge is 2.22. The van der Waals surface area contributed by atoms with Crippen LogP contribution in [0.2, 0.25) is 0 Å². The number of methoxy groups -OCH3 is 1. The minimum absolute atomic E-state index is 0.383. The predicted molar refractivity (Wildman–Crippen MR) is 93.6 cm³/mol. The van der Waals surface area contributed by atoms with E-state index in [0.717, 1.165) is 36.1 Å². The minimum Gasteiger partial charge on any atom is -0.496 e. The van der Waals surface area contributed by atoms with Crippen molar-refractivity contribution < 1.29 is 13.2 Å². The Morgan fingerprint density at radius 2 is 1.91 bits per heavy atom. The van der Waals surface area contributed by atoms with Gasteiger partial charge in [-0.25, -0.2) is 13.1 Å². The molecule has 0 saturated heterocycles. The average Bonchev–Trinajstić information content (AvgIpc) is 2.51. The third-order valence-corrected chi connectivity index (χ3v) is 6.34. The van der Waals surface area contributed by atoms with Crippen LogP contribution in [0.25, 0.3) is 0 Å². The molecule has 0 spiro atoms. The first-order valence-electron chi connectivity index (χ1n) is 8.19. The molecule has 0 aliphatic heterocycles. The fraction of sp³-hybridized carbons (Fsp3) is 0.556. The molecule has 0 aromatic heterocycles. The molecule has 128 valence electrons. The van der Waals surface area contributed by atoms with Crippen LogP contribution in [0.1, 0.15) is 48.8 Å². The van der Waals surface area contributed by atoms with E-state index in [0.29, 0.717) is 17.0 Å². The second-order valence-electron chi connectivity index (χ2n) is 6.23. The molecular weight excluding hydrogens is 310 g/mol. The minimum atomic E-state index is -3.50. The third kappa shape index (κ3) is 4.15. The largest absolute Gasteiger partial charge is 0.496 e. The van der Waals surface area contributed by atoms with E-state index in [9.17, 15) is 8.42 Å². The quantitative estimate of drug-likeness (QED) is 0.804. The molecule has 0 radical (unpaired) electrons. The normalized spacial score (nSPS) is 15.4. The zero-order valence-corrected chi connectivity index (χ0v) is 15.3. The van der Waals surface area contributed by atoms with Crippen molar-refractivity contribution in [3.05, 3.63) is 34.4 Å². The molecule has 0 amide bonds. The maximum absolute atomic E-state index is 12.7. The van der Waals surface area contributed by atoms with Gasteiger partial charge in [0.15, 0.2) is 0 Å². The number of benzene rings is 1. The molecule has 0 unspecified atom stereocenters. The zero-order valence-electron chi connectivity index (χ0n) is 14.5. The Hall–Kier alpha value is -1.33. The van der Waals surface area contributed by atoms with Crippen LogP contribution in [0.4, 0.5) is 0 Å². The summed E-state index contributed by atoms with van der Waals surface area (Å²) in [5, 5.41) is 0. The molecule has 2 rings (SSSR count). The summed E-state index contributed by atoms with van der Waals surface area (Å²) in [5.41, 5.74) is 3.72. The number of rotatable bonds is 6. The number of hydrogen-bond acceptors (Lipinski definition) is 3. The Bertz CT molecular complexity index is 705. The van der Waals surface area contributed by atoms with Crippen LogP contribution < -0.4 is 9.46 Å². The van der Waals surface area contributed by atoms with E-state index < -0.39 is 10.0 Å². The Labute approximate surface area is 140 Å². The van der Waals surface area contributed by atoms with E-state index in [-0.39, 0.29) is 0 Å². The van der Waals surface area contributed by atoms with Crippen LogP contribution in [0.3, 0.4) is 0 Å². The molecule has 4 nitrogen and oxygen atoms in total. The first-order chi connectivity index (χ1) is 10.9. The molecular formula is C18H27NO3S. The maximum atomic E-state index is 12.7. The van der Waals surface area contributed by atoms with Gasteiger partial charge in [0.2, 0.25) is 10.0 Å². The molecule has 5 heteroatoms.